The van der Waals surface area contributed by atoms with Crippen LogP contribution in [0.4, 0.5) is 5.69 Å². The molecule has 1 amide bonds. The van der Waals surface area contributed by atoms with Crippen molar-refractivity contribution in [3.05, 3.63) is 41.7 Å². The Morgan fingerprint density at radius 1 is 1.40 bits per heavy atom. The van der Waals surface area contributed by atoms with E-state index in [2.05, 4.69) is 32.5 Å². The number of hydrogen-bond acceptors (Lipinski definition) is 4. The molecule has 6 nitrogen and oxygen atoms in total. The lowest BCUT2D eigenvalue weighted by Crippen LogP contribution is -2.25. The first-order valence-corrected chi connectivity index (χ1v) is 6.67. The van der Waals surface area contributed by atoms with Gasteiger partial charge >= 0.3 is 0 Å². The standard InChI is InChI=1S/C14H19N5O/c1-3-4-15-12-7-10(2)18-8-11(12)14(20)19-9-13-16-5-6-17-13/h5-8H,3-4,9H2,1-2H3,(H,15,18)(H,16,17)(H,19,20). The topological polar surface area (TPSA) is 82.7 Å². The molecular formula is C14H19N5O. The predicted octanol–water partition coefficient (Wildman–Crippen LogP) is 1.87. The largest absolute Gasteiger partial charge is 0.384 e. The van der Waals surface area contributed by atoms with Crippen LogP contribution in [0.2, 0.25) is 0 Å². The van der Waals surface area contributed by atoms with Crippen LogP contribution in [-0.4, -0.2) is 27.4 Å². The number of aryl methyl sites for hydroxylation is 1. The van der Waals surface area contributed by atoms with E-state index < -0.39 is 0 Å². The Morgan fingerprint density at radius 2 is 2.25 bits per heavy atom. The first kappa shape index (κ1) is 14.0. The maximum atomic E-state index is 12.2. The molecule has 20 heavy (non-hydrogen) atoms. The molecule has 2 heterocycles. The van der Waals surface area contributed by atoms with Gasteiger partial charge in [0, 0.05) is 30.8 Å². The van der Waals surface area contributed by atoms with Crippen LogP contribution in [-0.2, 0) is 6.54 Å². The van der Waals surface area contributed by atoms with Crippen LogP contribution in [0.3, 0.4) is 0 Å². The average Bonchev–Trinajstić information content (AvgIpc) is 2.96. The van der Waals surface area contributed by atoms with E-state index in [9.17, 15) is 4.79 Å². The maximum Gasteiger partial charge on any atom is 0.255 e. The van der Waals surface area contributed by atoms with Crippen molar-refractivity contribution < 1.29 is 4.79 Å². The highest BCUT2D eigenvalue weighted by atomic mass is 16.1. The van der Waals surface area contributed by atoms with Crippen molar-refractivity contribution in [2.45, 2.75) is 26.8 Å². The van der Waals surface area contributed by atoms with Crippen molar-refractivity contribution in [1.29, 1.82) is 0 Å². The number of H-pyrrole nitrogens is 1. The third kappa shape index (κ3) is 3.57. The van der Waals surface area contributed by atoms with Gasteiger partial charge in [0.1, 0.15) is 5.82 Å². The lowest BCUT2D eigenvalue weighted by molar-refractivity contribution is 0.0950. The van der Waals surface area contributed by atoms with E-state index in [0.717, 1.165) is 30.2 Å². The highest BCUT2D eigenvalue weighted by Gasteiger charge is 2.12. The second kappa shape index (κ2) is 6.70. The molecule has 0 aliphatic carbocycles. The number of hydrogen-bond donors (Lipinski definition) is 3. The number of imidazole rings is 1. The molecular weight excluding hydrogens is 254 g/mol. The summed E-state index contributed by atoms with van der Waals surface area (Å²) in [5.74, 6) is 0.564. The molecule has 0 radical (unpaired) electrons. The van der Waals surface area contributed by atoms with E-state index in [-0.39, 0.29) is 5.91 Å². The number of carbonyl (C=O) groups is 1. The molecule has 3 N–H and O–H groups in total. The molecule has 0 spiro atoms. The van der Waals surface area contributed by atoms with Crippen LogP contribution < -0.4 is 10.6 Å². The fourth-order valence-corrected chi connectivity index (χ4v) is 1.80. The molecule has 0 saturated heterocycles. The Hall–Kier alpha value is -2.37. The van der Waals surface area contributed by atoms with Gasteiger partial charge in [-0.15, -0.1) is 0 Å². The monoisotopic (exact) mass is 273 g/mol. The Balaban J connectivity index is 2.07. The Labute approximate surface area is 118 Å². The Morgan fingerprint density at radius 3 is 2.95 bits per heavy atom. The summed E-state index contributed by atoms with van der Waals surface area (Å²) in [6.45, 7) is 5.17. The van der Waals surface area contributed by atoms with Gasteiger partial charge < -0.3 is 15.6 Å². The third-order valence-corrected chi connectivity index (χ3v) is 2.82. The summed E-state index contributed by atoms with van der Waals surface area (Å²) in [5, 5.41) is 6.08. The van der Waals surface area contributed by atoms with Crippen LogP contribution in [0.25, 0.3) is 0 Å². The van der Waals surface area contributed by atoms with Gasteiger partial charge in [-0.2, -0.15) is 0 Å². The Bertz CT molecular complexity index is 565. The average molecular weight is 273 g/mol. The predicted molar refractivity (Wildman–Crippen MR) is 77.5 cm³/mol. The number of nitrogens with one attached hydrogen (secondary N) is 3. The molecule has 2 aromatic heterocycles. The first-order chi connectivity index (χ1) is 9.70. The van der Waals surface area contributed by atoms with E-state index in [4.69, 9.17) is 0 Å². The summed E-state index contributed by atoms with van der Waals surface area (Å²) in [6.07, 6.45) is 5.98. The number of amides is 1. The van der Waals surface area contributed by atoms with Crippen molar-refractivity contribution in [3.8, 4) is 0 Å². The Kier molecular flexibility index (Phi) is 4.70. The molecule has 0 bridgehead atoms. The molecule has 106 valence electrons. The lowest BCUT2D eigenvalue weighted by Gasteiger charge is -2.11. The number of pyridine rings is 1. The van der Waals surface area contributed by atoms with Gasteiger partial charge in [-0.1, -0.05) is 6.92 Å². The highest BCUT2D eigenvalue weighted by molar-refractivity contribution is 5.99. The van der Waals surface area contributed by atoms with E-state index in [1.807, 2.05) is 13.0 Å². The molecule has 0 unspecified atom stereocenters. The second-order valence-electron chi connectivity index (χ2n) is 4.52. The minimum Gasteiger partial charge on any atom is -0.384 e. The number of anilines is 1. The molecule has 0 aromatic carbocycles. The first-order valence-electron chi connectivity index (χ1n) is 6.67. The van der Waals surface area contributed by atoms with Gasteiger partial charge in [0.05, 0.1) is 17.8 Å². The van der Waals surface area contributed by atoms with E-state index in [1.54, 1.807) is 18.6 Å². The van der Waals surface area contributed by atoms with Crippen molar-refractivity contribution in [1.82, 2.24) is 20.3 Å². The summed E-state index contributed by atoms with van der Waals surface area (Å²) in [7, 11) is 0. The molecule has 0 saturated carbocycles. The van der Waals surface area contributed by atoms with Crippen LogP contribution in [0, 0.1) is 6.92 Å². The van der Waals surface area contributed by atoms with Crippen LogP contribution >= 0.6 is 0 Å². The molecule has 6 heteroatoms. The maximum absolute atomic E-state index is 12.2. The number of nitrogens with zero attached hydrogens (tertiary/aromatic N) is 2. The zero-order valence-corrected chi connectivity index (χ0v) is 11.7. The fourth-order valence-electron chi connectivity index (χ4n) is 1.80. The minimum absolute atomic E-state index is 0.160. The lowest BCUT2D eigenvalue weighted by atomic mass is 10.2. The second-order valence-corrected chi connectivity index (χ2v) is 4.52. The SMILES string of the molecule is CCCNc1cc(C)ncc1C(=O)NCc1ncc[nH]1. The van der Waals surface area contributed by atoms with Crippen molar-refractivity contribution in [3.63, 3.8) is 0 Å². The van der Waals surface area contributed by atoms with Crippen LogP contribution in [0.1, 0.15) is 35.2 Å². The van der Waals surface area contributed by atoms with Gasteiger partial charge in [-0.25, -0.2) is 4.98 Å². The van der Waals surface area contributed by atoms with E-state index >= 15 is 0 Å². The summed E-state index contributed by atoms with van der Waals surface area (Å²) < 4.78 is 0. The molecule has 2 aromatic rings. The van der Waals surface area contributed by atoms with Crippen molar-refractivity contribution in [2.75, 3.05) is 11.9 Å². The van der Waals surface area contributed by atoms with Gasteiger partial charge in [0.2, 0.25) is 0 Å². The molecule has 0 aliphatic rings. The quantitative estimate of drug-likeness (QED) is 0.750. The highest BCUT2D eigenvalue weighted by Crippen LogP contribution is 2.15. The van der Waals surface area contributed by atoms with Gasteiger partial charge in [-0.05, 0) is 19.4 Å². The number of carbonyl (C=O) groups excluding carboxylic acids is 1. The van der Waals surface area contributed by atoms with E-state index in [0.29, 0.717) is 12.1 Å². The summed E-state index contributed by atoms with van der Waals surface area (Å²) in [6, 6.07) is 1.89. The molecule has 0 fully saturated rings. The zero-order valence-electron chi connectivity index (χ0n) is 11.7. The third-order valence-electron chi connectivity index (χ3n) is 2.82. The minimum atomic E-state index is -0.160. The van der Waals surface area contributed by atoms with Crippen LogP contribution in [0.5, 0.6) is 0 Å². The molecule has 0 atom stereocenters. The van der Waals surface area contributed by atoms with Crippen molar-refractivity contribution in [2.24, 2.45) is 0 Å². The van der Waals surface area contributed by atoms with Gasteiger partial charge in [0.25, 0.3) is 5.91 Å². The van der Waals surface area contributed by atoms with Gasteiger partial charge in [0.15, 0.2) is 0 Å². The van der Waals surface area contributed by atoms with Crippen LogP contribution in [0.15, 0.2) is 24.7 Å². The zero-order chi connectivity index (χ0) is 14.4. The smallest absolute Gasteiger partial charge is 0.255 e. The summed E-state index contributed by atoms with van der Waals surface area (Å²) in [4.78, 5) is 23.4. The van der Waals surface area contributed by atoms with E-state index in [1.165, 1.54) is 0 Å². The number of aromatic amines is 1. The summed E-state index contributed by atoms with van der Waals surface area (Å²) >= 11 is 0. The summed E-state index contributed by atoms with van der Waals surface area (Å²) in [5.41, 5.74) is 2.25. The molecule has 0 aliphatic heterocycles. The molecule has 2 rings (SSSR count). The number of rotatable bonds is 6. The van der Waals surface area contributed by atoms with Gasteiger partial charge in [-0.3, -0.25) is 9.78 Å². The normalized spacial score (nSPS) is 10.3. The van der Waals surface area contributed by atoms with Crippen molar-refractivity contribution >= 4 is 11.6 Å². The fraction of sp³-hybridized carbons (Fsp3) is 0.357. The number of aromatic nitrogens is 3.